The lowest BCUT2D eigenvalue weighted by Gasteiger charge is -2.34. The van der Waals surface area contributed by atoms with Gasteiger partial charge in [0.2, 0.25) is 5.91 Å². The van der Waals surface area contributed by atoms with Crippen LogP contribution in [0.1, 0.15) is 10.5 Å². The Balaban J connectivity index is 1.36. The molecule has 1 N–H and O–H groups in total. The first-order chi connectivity index (χ1) is 16.4. The van der Waals surface area contributed by atoms with E-state index in [0.717, 1.165) is 0 Å². The van der Waals surface area contributed by atoms with E-state index in [1.807, 2.05) is 30.0 Å². The summed E-state index contributed by atoms with van der Waals surface area (Å²) in [7, 11) is 3.90. The molecule has 0 saturated carbocycles. The molecule has 176 valence electrons. The van der Waals surface area contributed by atoms with Crippen molar-refractivity contribution in [3.8, 4) is 0 Å². The van der Waals surface area contributed by atoms with Crippen molar-refractivity contribution >= 4 is 34.2 Å². The number of carbonyl (C=O) groups excluding carboxylic acids is 2. The number of amides is 2. The van der Waals surface area contributed by atoms with Gasteiger partial charge in [-0.3, -0.25) is 14.6 Å². The van der Waals surface area contributed by atoms with Gasteiger partial charge in [0, 0.05) is 50.4 Å². The predicted octanol–water partition coefficient (Wildman–Crippen LogP) is 2.18. The predicted molar refractivity (Wildman–Crippen MR) is 128 cm³/mol. The van der Waals surface area contributed by atoms with E-state index in [1.165, 1.54) is 24.5 Å². The molecule has 2 aromatic heterocycles. The van der Waals surface area contributed by atoms with E-state index >= 15 is 0 Å². The summed E-state index contributed by atoms with van der Waals surface area (Å²) in [6.07, 6.45) is 7.97. The van der Waals surface area contributed by atoms with Gasteiger partial charge >= 0.3 is 0 Å². The van der Waals surface area contributed by atoms with Crippen LogP contribution in [0.15, 0.2) is 55.0 Å². The lowest BCUT2D eigenvalue weighted by Crippen LogP contribution is -2.48. The number of nitrogens with one attached hydrogen (secondary N) is 1. The van der Waals surface area contributed by atoms with E-state index in [-0.39, 0.29) is 17.3 Å². The third-order valence-electron chi connectivity index (χ3n) is 5.44. The van der Waals surface area contributed by atoms with Crippen LogP contribution in [-0.4, -0.2) is 83.4 Å². The number of nitrogens with zero attached hydrogens (tertiary/aromatic N) is 6. The fraction of sp³-hybridized carbons (Fsp3) is 0.292. The van der Waals surface area contributed by atoms with Gasteiger partial charge in [0.05, 0.1) is 23.6 Å². The van der Waals surface area contributed by atoms with Gasteiger partial charge in [-0.05, 0) is 32.3 Å². The van der Waals surface area contributed by atoms with Crippen LogP contribution in [-0.2, 0) is 4.79 Å². The molecule has 0 radical (unpaired) electrons. The van der Waals surface area contributed by atoms with Crippen LogP contribution in [0.3, 0.4) is 0 Å². The highest BCUT2D eigenvalue weighted by Gasteiger charge is 2.21. The Labute approximate surface area is 196 Å². The summed E-state index contributed by atoms with van der Waals surface area (Å²) in [5, 5.41) is 3.26. The average Bonchev–Trinajstić information content (AvgIpc) is 2.84. The molecule has 1 fully saturated rings. The molecule has 9 nitrogen and oxygen atoms in total. The summed E-state index contributed by atoms with van der Waals surface area (Å²) >= 11 is 0. The minimum atomic E-state index is -0.503. The zero-order valence-corrected chi connectivity index (χ0v) is 19.1. The zero-order chi connectivity index (χ0) is 24.1. The number of halogens is 1. The van der Waals surface area contributed by atoms with Crippen LogP contribution in [0.5, 0.6) is 0 Å². The molecule has 0 unspecified atom stereocenters. The summed E-state index contributed by atoms with van der Waals surface area (Å²) < 4.78 is 13.9. The smallest absolute Gasteiger partial charge is 0.275 e. The second-order valence-electron chi connectivity index (χ2n) is 8.22. The van der Waals surface area contributed by atoms with E-state index < -0.39 is 11.7 Å². The molecule has 3 heterocycles. The van der Waals surface area contributed by atoms with Crippen LogP contribution in [0.4, 0.5) is 15.9 Å². The molecule has 0 atom stereocenters. The Kier molecular flexibility index (Phi) is 7.07. The van der Waals surface area contributed by atoms with Crippen LogP contribution < -0.4 is 10.2 Å². The molecule has 1 aliphatic rings. The van der Waals surface area contributed by atoms with Crippen molar-refractivity contribution in [3.63, 3.8) is 0 Å². The second-order valence-corrected chi connectivity index (χ2v) is 8.22. The maximum Gasteiger partial charge on any atom is 0.275 e. The number of benzene rings is 1. The van der Waals surface area contributed by atoms with Gasteiger partial charge < -0.3 is 20.0 Å². The Morgan fingerprint density at radius 3 is 2.62 bits per heavy atom. The van der Waals surface area contributed by atoms with Gasteiger partial charge in [-0.15, -0.1) is 0 Å². The first kappa shape index (κ1) is 23.2. The summed E-state index contributed by atoms with van der Waals surface area (Å²) in [5.74, 6) is -0.344. The number of pyridine rings is 1. The third kappa shape index (κ3) is 5.52. The van der Waals surface area contributed by atoms with E-state index in [1.54, 1.807) is 29.3 Å². The van der Waals surface area contributed by atoms with Gasteiger partial charge in [-0.2, -0.15) is 0 Å². The van der Waals surface area contributed by atoms with Gasteiger partial charge in [0.25, 0.3) is 5.91 Å². The van der Waals surface area contributed by atoms with Gasteiger partial charge in [0.1, 0.15) is 17.3 Å². The molecule has 0 bridgehead atoms. The Bertz CT molecular complexity index is 1210. The van der Waals surface area contributed by atoms with E-state index in [4.69, 9.17) is 0 Å². The first-order valence-electron chi connectivity index (χ1n) is 10.9. The molecule has 1 saturated heterocycles. The summed E-state index contributed by atoms with van der Waals surface area (Å²) in [6.45, 7) is 3.11. The maximum atomic E-state index is 13.9. The monoisotopic (exact) mass is 463 g/mol. The number of piperazine rings is 1. The highest BCUT2D eigenvalue weighted by molar-refractivity contribution is 6.07. The number of likely N-dealkylation sites (N-methyl/N-ethyl adjacent to an activating group) is 1. The van der Waals surface area contributed by atoms with E-state index in [9.17, 15) is 14.0 Å². The molecule has 1 aliphatic heterocycles. The summed E-state index contributed by atoms with van der Waals surface area (Å²) in [5.41, 5.74) is 0.870. The van der Waals surface area contributed by atoms with Gasteiger partial charge in [0.15, 0.2) is 0 Å². The fourth-order valence-electron chi connectivity index (χ4n) is 3.66. The van der Waals surface area contributed by atoms with Crippen molar-refractivity contribution in [2.24, 2.45) is 0 Å². The van der Waals surface area contributed by atoms with Crippen LogP contribution in [0.25, 0.3) is 10.9 Å². The van der Waals surface area contributed by atoms with Crippen LogP contribution >= 0.6 is 0 Å². The number of hydrogen-bond donors (Lipinski definition) is 1. The normalized spacial score (nSPS) is 14.2. The number of hydrogen-bond acceptors (Lipinski definition) is 7. The summed E-state index contributed by atoms with van der Waals surface area (Å²) in [4.78, 5) is 43.6. The lowest BCUT2D eigenvalue weighted by molar-refractivity contribution is -0.126. The molecular formula is C24H26FN7O2. The SMILES string of the molecule is CN(C)C/C=C/C(=O)N1CCN(c2cnc(C(=O)Nc3cc(F)cc4cccnc34)cn2)CC1. The van der Waals surface area contributed by atoms with E-state index in [2.05, 4.69) is 20.3 Å². The summed E-state index contributed by atoms with van der Waals surface area (Å²) in [6, 6.07) is 6.02. The van der Waals surface area contributed by atoms with Crippen molar-refractivity contribution in [1.82, 2.24) is 24.8 Å². The number of fused-ring (bicyclic) bond motifs is 1. The van der Waals surface area contributed by atoms with E-state index in [0.29, 0.717) is 49.4 Å². The highest BCUT2D eigenvalue weighted by atomic mass is 19.1. The minimum Gasteiger partial charge on any atom is -0.352 e. The van der Waals surface area contributed by atoms with Crippen molar-refractivity contribution in [2.75, 3.05) is 57.0 Å². The van der Waals surface area contributed by atoms with Crippen molar-refractivity contribution in [1.29, 1.82) is 0 Å². The van der Waals surface area contributed by atoms with Crippen molar-refractivity contribution in [3.05, 3.63) is 66.5 Å². The molecule has 10 heteroatoms. The average molecular weight is 464 g/mol. The first-order valence-corrected chi connectivity index (χ1v) is 10.9. The maximum absolute atomic E-state index is 13.9. The second kappa shape index (κ2) is 10.3. The molecule has 3 aromatic rings. The fourth-order valence-corrected chi connectivity index (χ4v) is 3.66. The van der Waals surface area contributed by atoms with Gasteiger partial charge in [-0.25, -0.2) is 14.4 Å². The Morgan fingerprint density at radius 1 is 1.12 bits per heavy atom. The number of carbonyl (C=O) groups is 2. The topological polar surface area (TPSA) is 94.6 Å². The zero-order valence-electron chi connectivity index (χ0n) is 19.1. The lowest BCUT2D eigenvalue weighted by atomic mass is 10.2. The molecule has 0 aliphatic carbocycles. The standard InChI is InChI=1S/C24H26FN7O2/c1-30(2)8-4-6-22(33)32-11-9-31(10-12-32)21-16-27-20(15-28-21)24(34)29-19-14-18(25)13-17-5-3-7-26-23(17)19/h3-7,13-16H,8-12H2,1-2H3,(H,29,34)/b6-4+. The number of rotatable bonds is 6. The number of anilines is 2. The largest absolute Gasteiger partial charge is 0.352 e. The quantitative estimate of drug-likeness (QED) is 0.560. The van der Waals surface area contributed by atoms with Crippen molar-refractivity contribution < 1.29 is 14.0 Å². The van der Waals surface area contributed by atoms with Crippen LogP contribution in [0, 0.1) is 5.82 Å². The number of aromatic nitrogens is 3. The molecule has 1 aromatic carbocycles. The minimum absolute atomic E-state index is 0.000958. The highest BCUT2D eigenvalue weighted by Crippen LogP contribution is 2.23. The molecule has 4 rings (SSSR count). The van der Waals surface area contributed by atoms with Crippen LogP contribution in [0.2, 0.25) is 0 Å². The third-order valence-corrected chi connectivity index (χ3v) is 5.44. The molecule has 0 spiro atoms. The Morgan fingerprint density at radius 2 is 1.91 bits per heavy atom. The molecule has 2 amide bonds. The molecule has 34 heavy (non-hydrogen) atoms. The van der Waals surface area contributed by atoms with Gasteiger partial charge in [-0.1, -0.05) is 12.1 Å². The Hall–Kier alpha value is -3.92. The van der Waals surface area contributed by atoms with Crippen molar-refractivity contribution in [2.45, 2.75) is 0 Å². The molecular weight excluding hydrogens is 437 g/mol.